The predicted molar refractivity (Wildman–Crippen MR) is 149 cm³/mol. The fourth-order valence-electron chi connectivity index (χ4n) is 5.77. The molecule has 0 aliphatic heterocycles. The maximum atomic E-state index is 2.45. The SMILES string of the molecule is Cc1ccc(-n2c3cc(C)ccc3c3ccc(-n4c5ccccc5c5ccccc54)cc32)c(C)c1. The van der Waals surface area contributed by atoms with Crippen LogP contribution in [0.3, 0.4) is 0 Å². The van der Waals surface area contributed by atoms with Crippen molar-refractivity contribution in [3.05, 3.63) is 120 Å². The van der Waals surface area contributed by atoms with Crippen molar-refractivity contribution in [1.29, 1.82) is 0 Å². The Hall–Kier alpha value is -4.30. The van der Waals surface area contributed by atoms with Crippen LogP contribution in [0.25, 0.3) is 55.0 Å². The number of benzene rings is 5. The number of fused-ring (bicyclic) bond motifs is 6. The zero-order valence-corrected chi connectivity index (χ0v) is 20.2. The van der Waals surface area contributed by atoms with Gasteiger partial charge in [0.2, 0.25) is 0 Å². The Balaban J connectivity index is 1.62. The van der Waals surface area contributed by atoms with Crippen molar-refractivity contribution in [2.24, 2.45) is 0 Å². The van der Waals surface area contributed by atoms with Crippen LogP contribution in [0.2, 0.25) is 0 Å². The topological polar surface area (TPSA) is 9.86 Å². The Morgan fingerprint density at radius 1 is 0.429 bits per heavy atom. The first-order chi connectivity index (χ1) is 17.1. The molecule has 0 radical (unpaired) electrons. The van der Waals surface area contributed by atoms with Gasteiger partial charge >= 0.3 is 0 Å². The Kier molecular flexibility index (Phi) is 4.22. The van der Waals surface area contributed by atoms with Crippen LogP contribution in [0.1, 0.15) is 16.7 Å². The molecule has 2 heterocycles. The number of nitrogens with zero attached hydrogens (tertiary/aromatic N) is 2. The van der Waals surface area contributed by atoms with E-state index in [1.165, 1.54) is 71.7 Å². The van der Waals surface area contributed by atoms with E-state index in [1.54, 1.807) is 0 Å². The first-order valence-electron chi connectivity index (χ1n) is 12.2. The van der Waals surface area contributed by atoms with Crippen molar-refractivity contribution in [3.63, 3.8) is 0 Å². The predicted octanol–water partition coefficient (Wildman–Crippen LogP) is 8.81. The van der Waals surface area contributed by atoms with Crippen LogP contribution in [-0.2, 0) is 0 Å². The van der Waals surface area contributed by atoms with E-state index in [4.69, 9.17) is 0 Å². The molecule has 0 fully saturated rings. The zero-order valence-electron chi connectivity index (χ0n) is 20.2. The van der Waals surface area contributed by atoms with Gasteiger partial charge in [0.1, 0.15) is 0 Å². The van der Waals surface area contributed by atoms with E-state index in [2.05, 4.69) is 133 Å². The summed E-state index contributed by atoms with van der Waals surface area (Å²) in [5.74, 6) is 0. The van der Waals surface area contributed by atoms with Crippen molar-refractivity contribution in [1.82, 2.24) is 9.13 Å². The molecule has 7 aromatic rings. The smallest absolute Gasteiger partial charge is 0.0562 e. The molecular weight excluding hydrogens is 424 g/mol. The number of aromatic nitrogens is 2. The van der Waals surface area contributed by atoms with Gasteiger partial charge in [-0.1, -0.05) is 72.3 Å². The van der Waals surface area contributed by atoms with Crippen LogP contribution in [0.5, 0.6) is 0 Å². The molecule has 5 aromatic carbocycles. The van der Waals surface area contributed by atoms with Crippen LogP contribution in [0.4, 0.5) is 0 Å². The molecule has 0 saturated carbocycles. The molecule has 7 rings (SSSR count). The van der Waals surface area contributed by atoms with E-state index in [1.807, 2.05) is 0 Å². The van der Waals surface area contributed by atoms with Gasteiger partial charge in [0.15, 0.2) is 0 Å². The number of hydrogen-bond acceptors (Lipinski definition) is 0. The molecule has 0 saturated heterocycles. The third-order valence-electron chi connectivity index (χ3n) is 7.34. The average Bonchev–Trinajstić information content (AvgIpc) is 3.36. The Morgan fingerprint density at radius 3 is 1.66 bits per heavy atom. The van der Waals surface area contributed by atoms with Gasteiger partial charge < -0.3 is 9.13 Å². The fraction of sp³-hybridized carbons (Fsp3) is 0.0909. The van der Waals surface area contributed by atoms with Gasteiger partial charge in [-0.05, 0) is 68.3 Å². The van der Waals surface area contributed by atoms with Crippen LogP contribution in [0.15, 0.2) is 103 Å². The Morgan fingerprint density at radius 2 is 0.971 bits per heavy atom. The molecule has 35 heavy (non-hydrogen) atoms. The summed E-state index contributed by atoms with van der Waals surface area (Å²) >= 11 is 0. The summed E-state index contributed by atoms with van der Waals surface area (Å²) in [5.41, 5.74) is 11.2. The van der Waals surface area contributed by atoms with Crippen LogP contribution < -0.4 is 0 Å². The maximum Gasteiger partial charge on any atom is 0.0562 e. The van der Waals surface area contributed by atoms with Crippen molar-refractivity contribution < 1.29 is 0 Å². The molecule has 0 aliphatic carbocycles. The first-order valence-corrected chi connectivity index (χ1v) is 12.2. The minimum Gasteiger partial charge on any atom is -0.309 e. The molecule has 0 unspecified atom stereocenters. The third-order valence-corrected chi connectivity index (χ3v) is 7.34. The average molecular weight is 451 g/mol. The lowest BCUT2D eigenvalue weighted by atomic mass is 10.1. The quantitative estimate of drug-likeness (QED) is 0.249. The molecular formula is C33H26N2. The summed E-state index contributed by atoms with van der Waals surface area (Å²) in [6, 6.07) is 37.9. The van der Waals surface area contributed by atoms with E-state index in [0.717, 1.165) is 0 Å². The lowest BCUT2D eigenvalue weighted by Gasteiger charge is -2.13. The summed E-state index contributed by atoms with van der Waals surface area (Å²) in [4.78, 5) is 0. The lowest BCUT2D eigenvalue weighted by molar-refractivity contribution is 1.13. The number of aryl methyl sites for hydroxylation is 3. The van der Waals surface area contributed by atoms with Crippen LogP contribution in [0, 0.1) is 20.8 Å². The summed E-state index contributed by atoms with van der Waals surface area (Å²) in [5, 5.41) is 5.14. The van der Waals surface area contributed by atoms with Gasteiger partial charge in [0.25, 0.3) is 0 Å². The number of rotatable bonds is 2. The second kappa shape index (κ2) is 7.35. The summed E-state index contributed by atoms with van der Waals surface area (Å²) in [6.45, 7) is 6.55. The van der Waals surface area contributed by atoms with Crippen LogP contribution >= 0.6 is 0 Å². The molecule has 2 nitrogen and oxygen atoms in total. The van der Waals surface area contributed by atoms with E-state index < -0.39 is 0 Å². The fourth-order valence-corrected chi connectivity index (χ4v) is 5.77. The lowest BCUT2D eigenvalue weighted by Crippen LogP contribution is -1.99. The second-order valence-corrected chi connectivity index (χ2v) is 9.72. The molecule has 0 atom stereocenters. The molecule has 2 aromatic heterocycles. The molecule has 0 aliphatic rings. The van der Waals surface area contributed by atoms with Gasteiger partial charge in [0, 0.05) is 32.9 Å². The van der Waals surface area contributed by atoms with Gasteiger partial charge in [-0.25, -0.2) is 0 Å². The molecule has 0 spiro atoms. The molecule has 2 heteroatoms. The maximum absolute atomic E-state index is 2.45. The van der Waals surface area contributed by atoms with Crippen molar-refractivity contribution in [2.45, 2.75) is 20.8 Å². The highest BCUT2D eigenvalue weighted by Gasteiger charge is 2.17. The van der Waals surface area contributed by atoms with E-state index in [0.29, 0.717) is 0 Å². The molecule has 0 amide bonds. The normalized spacial score (nSPS) is 11.9. The first kappa shape index (κ1) is 20.1. The van der Waals surface area contributed by atoms with Crippen molar-refractivity contribution in [2.75, 3.05) is 0 Å². The minimum absolute atomic E-state index is 1.18. The van der Waals surface area contributed by atoms with Gasteiger partial charge in [-0.15, -0.1) is 0 Å². The number of para-hydroxylation sites is 2. The molecule has 0 bridgehead atoms. The molecule has 0 N–H and O–H groups in total. The van der Waals surface area contributed by atoms with E-state index in [-0.39, 0.29) is 0 Å². The van der Waals surface area contributed by atoms with Crippen molar-refractivity contribution in [3.8, 4) is 11.4 Å². The Bertz CT molecular complexity index is 1880. The minimum atomic E-state index is 1.18. The van der Waals surface area contributed by atoms with Gasteiger partial charge in [-0.3, -0.25) is 0 Å². The van der Waals surface area contributed by atoms with Crippen molar-refractivity contribution >= 4 is 43.6 Å². The summed E-state index contributed by atoms with van der Waals surface area (Å²) in [6.07, 6.45) is 0. The molecule has 168 valence electrons. The van der Waals surface area contributed by atoms with Crippen LogP contribution in [-0.4, -0.2) is 9.13 Å². The second-order valence-electron chi connectivity index (χ2n) is 9.72. The highest BCUT2D eigenvalue weighted by Crippen LogP contribution is 2.37. The standard InChI is InChI=1S/C33H26N2/c1-21-13-17-29(23(3)18-21)35-32-19-22(2)12-15-27(32)28-16-14-24(20-33(28)35)34-30-10-6-4-8-25(30)26-9-5-7-11-31(26)34/h4-20H,1-3H3. The monoisotopic (exact) mass is 450 g/mol. The van der Waals surface area contributed by atoms with Gasteiger partial charge in [-0.2, -0.15) is 0 Å². The van der Waals surface area contributed by atoms with Gasteiger partial charge in [0.05, 0.1) is 22.1 Å². The summed E-state index contributed by atoms with van der Waals surface area (Å²) < 4.78 is 4.85. The highest BCUT2D eigenvalue weighted by atomic mass is 15.0. The number of hydrogen-bond donors (Lipinski definition) is 0. The van der Waals surface area contributed by atoms with E-state index in [9.17, 15) is 0 Å². The summed E-state index contributed by atoms with van der Waals surface area (Å²) in [7, 11) is 0. The highest BCUT2D eigenvalue weighted by molar-refractivity contribution is 6.12. The Labute approximate surface area is 204 Å². The zero-order chi connectivity index (χ0) is 23.7. The third kappa shape index (κ3) is 2.90. The van der Waals surface area contributed by atoms with E-state index >= 15 is 0 Å². The largest absolute Gasteiger partial charge is 0.309 e.